The number of carbonyl (C=O) groups is 2. The van der Waals surface area contributed by atoms with E-state index in [0.29, 0.717) is 25.3 Å². The van der Waals surface area contributed by atoms with Crippen molar-refractivity contribution in [3.63, 3.8) is 0 Å². The molecule has 1 atom stereocenters. The Bertz CT molecular complexity index is 462. The Balaban J connectivity index is 2.00. The topological polar surface area (TPSA) is 66.8 Å². The zero-order chi connectivity index (χ0) is 13.1. The van der Waals surface area contributed by atoms with Crippen LogP contribution in [0.4, 0.5) is 0 Å². The van der Waals surface area contributed by atoms with Crippen LogP contribution >= 0.6 is 33.9 Å². The first kappa shape index (κ1) is 13.8. The average molecular weight is 381 g/mol. The molecule has 0 bridgehead atoms. The SMILES string of the molecule is O=C(O)CC1CN(C(=O)c2csc(I)c2)CCO1. The molecule has 2 heterocycles. The van der Waals surface area contributed by atoms with E-state index in [9.17, 15) is 9.59 Å². The van der Waals surface area contributed by atoms with E-state index in [-0.39, 0.29) is 12.3 Å². The molecule has 1 N–H and O–H groups in total. The van der Waals surface area contributed by atoms with Gasteiger partial charge in [-0.15, -0.1) is 11.3 Å². The number of carbonyl (C=O) groups excluding carboxylic acids is 1. The van der Waals surface area contributed by atoms with Gasteiger partial charge in [-0.05, 0) is 28.7 Å². The molecule has 18 heavy (non-hydrogen) atoms. The second-order valence-electron chi connectivity index (χ2n) is 3.98. The van der Waals surface area contributed by atoms with Gasteiger partial charge in [0.1, 0.15) is 0 Å². The van der Waals surface area contributed by atoms with Crippen molar-refractivity contribution in [3.8, 4) is 0 Å². The maximum absolute atomic E-state index is 12.2. The number of morpholine rings is 1. The van der Waals surface area contributed by atoms with Crippen molar-refractivity contribution in [1.82, 2.24) is 4.90 Å². The minimum atomic E-state index is -0.903. The Kier molecular flexibility index (Phi) is 4.57. The molecule has 0 spiro atoms. The molecule has 1 aromatic rings. The number of thiophene rings is 1. The molecule has 1 amide bonds. The summed E-state index contributed by atoms with van der Waals surface area (Å²) in [6, 6.07) is 1.84. The number of hydrogen-bond acceptors (Lipinski definition) is 4. The highest BCUT2D eigenvalue weighted by atomic mass is 127. The summed E-state index contributed by atoms with van der Waals surface area (Å²) in [4.78, 5) is 24.5. The lowest BCUT2D eigenvalue weighted by atomic mass is 10.2. The van der Waals surface area contributed by atoms with Gasteiger partial charge in [0, 0.05) is 18.5 Å². The van der Waals surface area contributed by atoms with E-state index in [2.05, 4.69) is 22.6 Å². The number of rotatable bonds is 3. The fraction of sp³-hybridized carbons (Fsp3) is 0.455. The summed E-state index contributed by atoms with van der Waals surface area (Å²) >= 11 is 3.69. The number of aliphatic carboxylic acids is 1. The predicted octanol–water partition coefficient (Wildman–Crippen LogP) is 1.67. The molecule has 1 saturated heterocycles. The third-order valence-electron chi connectivity index (χ3n) is 2.64. The quantitative estimate of drug-likeness (QED) is 0.810. The first-order chi connectivity index (χ1) is 8.56. The first-order valence-corrected chi connectivity index (χ1v) is 7.39. The molecule has 1 fully saturated rings. The van der Waals surface area contributed by atoms with Crippen LogP contribution in [0.5, 0.6) is 0 Å². The number of carboxylic acid groups (broad SMARTS) is 1. The maximum atomic E-state index is 12.2. The highest BCUT2D eigenvalue weighted by Gasteiger charge is 2.26. The Labute approximate surface area is 122 Å². The van der Waals surface area contributed by atoms with Gasteiger partial charge in [-0.25, -0.2) is 0 Å². The van der Waals surface area contributed by atoms with E-state index in [1.807, 2.05) is 11.4 Å². The van der Waals surface area contributed by atoms with Crippen LogP contribution in [0, 0.1) is 2.88 Å². The summed E-state index contributed by atoms with van der Waals surface area (Å²) in [5, 5.41) is 10.6. The molecule has 0 saturated carbocycles. The Hall–Kier alpha value is -0.670. The predicted molar refractivity (Wildman–Crippen MR) is 74.9 cm³/mol. The Morgan fingerprint density at radius 1 is 1.61 bits per heavy atom. The second-order valence-corrected chi connectivity index (χ2v) is 6.79. The van der Waals surface area contributed by atoms with E-state index in [1.165, 1.54) is 11.3 Å². The fourth-order valence-corrected chi connectivity index (χ4v) is 3.15. The normalized spacial score (nSPS) is 19.8. The summed E-state index contributed by atoms with van der Waals surface area (Å²) < 4.78 is 6.40. The van der Waals surface area contributed by atoms with Gasteiger partial charge in [0.15, 0.2) is 0 Å². The molecule has 1 aliphatic heterocycles. The number of amides is 1. The van der Waals surface area contributed by atoms with E-state index in [1.54, 1.807) is 4.90 Å². The number of ether oxygens (including phenoxy) is 1. The molecule has 5 nitrogen and oxygen atoms in total. The van der Waals surface area contributed by atoms with Crippen LogP contribution in [0.1, 0.15) is 16.8 Å². The van der Waals surface area contributed by atoms with Crippen LogP contribution < -0.4 is 0 Å². The average Bonchev–Trinajstić information content (AvgIpc) is 2.74. The van der Waals surface area contributed by atoms with Crippen molar-refractivity contribution < 1.29 is 19.4 Å². The summed E-state index contributed by atoms with van der Waals surface area (Å²) in [5.74, 6) is -0.952. The van der Waals surface area contributed by atoms with Crippen LogP contribution in [-0.2, 0) is 9.53 Å². The molecule has 1 unspecified atom stereocenters. The van der Waals surface area contributed by atoms with Gasteiger partial charge in [-0.2, -0.15) is 0 Å². The standard InChI is InChI=1S/C11H12INO4S/c12-9-3-7(6-18-9)11(16)13-1-2-17-8(5-13)4-10(14)15/h3,6,8H,1-2,4-5H2,(H,14,15). The zero-order valence-corrected chi connectivity index (χ0v) is 12.4. The minimum Gasteiger partial charge on any atom is -0.481 e. The van der Waals surface area contributed by atoms with Gasteiger partial charge in [0.2, 0.25) is 0 Å². The van der Waals surface area contributed by atoms with Gasteiger partial charge < -0.3 is 14.7 Å². The van der Waals surface area contributed by atoms with Crippen molar-refractivity contribution in [2.45, 2.75) is 12.5 Å². The van der Waals surface area contributed by atoms with Crippen molar-refractivity contribution >= 4 is 45.8 Å². The number of carboxylic acids is 1. The monoisotopic (exact) mass is 381 g/mol. The highest BCUT2D eigenvalue weighted by molar-refractivity contribution is 14.1. The van der Waals surface area contributed by atoms with Crippen molar-refractivity contribution in [3.05, 3.63) is 19.9 Å². The molecule has 1 aliphatic rings. The van der Waals surface area contributed by atoms with E-state index < -0.39 is 12.1 Å². The lowest BCUT2D eigenvalue weighted by Gasteiger charge is -2.32. The summed E-state index contributed by atoms with van der Waals surface area (Å²) in [6.45, 7) is 1.25. The van der Waals surface area contributed by atoms with Crippen molar-refractivity contribution in [2.75, 3.05) is 19.7 Å². The lowest BCUT2D eigenvalue weighted by molar-refractivity contribution is -0.141. The Morgan fingerprint density at radius 2 is 2.39 bits per heavy atom. The minimum absolute atomic E-state index is 0.0483. The molecule has 1 aromatic heterocycles. The lowest BCUT2D eigenvalue weighted by Crippen LogP contribution is -2.46. The van der Waals surface area contributed by atoms with E-state index >= 15 is 0 Å². The first-order valence-electron chi connectivity index (χ1n) is 5.43. The molecule has 0 aliphatic carbocycles. The summed E-state index contributed by atoms with van der Waals surface area (Å²) in [5.41, 5.74) is 0.667. The molecular formula is C11H12INO4S. The van der Waals surface area contributed by atoms with E-state index in [0.717, 1.165) is 2.88 Å². The highest BCUT2D eigenvalue weighted by Crippen LogP contribution is 2.19. The van der Waals surface area contributed by atoms with Crippen molar-refractivity contribution in [2.24, 2.45) is 0 Å². The van der Waals surface area contributed by atoms with Gasteiger partial charge in [0.05, 0.1) is 27.6 Å². The smallest absolute Gasteiger partial charge is 0.306 e. The second kappa shape index (κ2) is 5.98. The number of nitrogens with zero attached hydrogens (tertiary/aromatic N) is 1. The van der Waals surface area contributed by atoms with Crippen LogP contribution in [0.2, 0.25) is 0 Å². The summed E-state index contributed by atoms with van der Waals surface area (Å²) in [6.07, 6.45) is -0.469. The van der Waals surface area contributed by atoms with Crippen LogP contribution in [0.25, 0.3) is 0 Å². The zero-order valence-electron chi connectivity index (χ0n) is 9.47. The van der Waals surface area contributed by atoms with Gasteiger partial charge in [-0.3, -0.25) is 9.59 Å². The van der Waals surface area contributed by atoms with Crippen molar-refractivity contribution in [1.29, 1.82) is 0 Å². The maximum Gasteiger partial charge on any atom is 0.306 e. The summed E-state index contributed by atoms with van der Waals surface area (Å²) in [7, 11) is 0. The van der Waals surface area contributed by atoms with Crippen LogP contribution in [0.3, 0.4) is 0 Å². The molecule has 0 aromatic carbocycles. The van der Waals surface area contributed by atoms with Crippen LogP contribution in [-0.4, -0.2) is 47.7 Å². The van der Waals surface area contributed by atoms with Gasteiger partial charge in [0.25, 0.3) is 5.91 Å². The number of halogens is 1. The molecule has 0 radical (unpaired) electrons. The third kappa shape index (κ3) is 3.42. The third-order valence-corrected chi connectivity index (χ3v) is 4.43. The van der Waals surface area contributed by atoms with Crippen LogP contribution in [0.15, 0.2) is 11.4 Å². The fourth-order valence-electron chi connectivity index (χ4n) is 1.83. The Morgan fingerprint density at radius 3 is 3.00 bits per heavy atom. The van der Waals surface area contributed by atoms with Gasteiger partial charge in [-0.1, -0.05) is 0 Å². The van der Waals surface area contributed by atoms with Gasteiger partial charge >= 0.3 is 5.97 Å². The molecule has 7 heteroatoms. The van der Waals surface area contributed by atoms with E-state index in [4.69, 9.17) is 9.84 Å². The molecular weight excluding hydrogens is 369 g/mol. The number of hydrogen-bond donors (Lipinski definition) is 1. The largest absolute Gasteiger partial charge is 0.481 e. The molecule has 2 rings (SSSR count). The molecule has 98 valence electrons.